The molecule has 0 aromatic heterocycles. The number of nitrogens with one attached hydrogen (secondary N) is 1. The van der Waals surface area contributed by atoms with Gasteiger partial charge in [-0.3, -0.25) is 4.79 Å². The van der Waals surface area contributed by atoms with E-state index in [2.05, 4.69) is 5.32 Å². The van der Waals surface area contributed by atoms with Gasteiger partial charge in [-0.2, -0.15) is 0 Å². The lowest BCUT2D eigenvalue weighted by molar-refractivity contribution is -0.143. The zero-order valence-corrected chi connectivity index (χ0v) is 10.4. The number of nitrogens with two attached hydrogens (primary N) is 1. The second kappa shape index (κ2) is 6.48. The summed E-state index contributed by atoms with van der Waals surface area (Å²) in [7, 11) is 0. The van der Waals surface area contributed by atoms with Gasteiger partial charge in [-0.25, -0.2) is 4.79 Å². The van der Waals surface area contributed by atoms with E-state index in [0.29, 0.717) is 6.42 Å². The molecule has 0 heterocycles. The normalized spacial score (nSPS) is 16.6. The Labute approximate surface area is 96.4 Å². The summed E-state index contributed by atoms with van der Waals surface area (Å²) in [5.41, 5.74) is 5.65. The summed E-state index contributed by atoms with van der Waals surface area (Å²) in [5, 5.41) is 11.5. The van der Waals surface area contributed by atoms with E-state index < -0.39 is 24.0 Å². The van der Waals surface area contributed by atoms with Gasteiger partial charge in [-0.05, 0) is 11.8 Å². The minimum Gasteiger partial charge on any atom is -0.480 e. The summed E-state index contributed by atoms with van der Waals surface area (Å²) in [4.78, 5) is 22.6. The van der Waals surface area contributed by atoms with Crippen molar-refractivity contribution < 1.29 is 14.7 Å². The summed E-state index contributed by atoms with van der Waals surface area (Å²) in [6.07, 6.45) is 0.689. The zero-order chi connectivity index (χ0) is 12.9. The number of carboxylic acids is 1. The number of carbonyl (C=O) groups excluding carboxylic acids is 1. The van der Waals surface area contributed by atoms with Crippen molar-refractivity contribution in [3.8, 4) is 0 Å². The monoisotopic (exact) mass is 230 g/mol. The Kier molecular flexibility index (Phi) is 6.03. The quantitative estimate of drug-likeness (QED) is 0.622. The molecule has 0 saturated carbocycles. The largest absolute Gasteiger partial charge is 0.480 e. The highest BCUT2D eigenvalue weighted by Gasteiger charge is 2.28. The summed E-state index contributed by atoms with van der Waals surface area (Å²) in [6, 6.07) is -1.52. The van der Waals surface area contributed by atoms with Gasteiger partial charge in [-0.15, -0.1) is 0 Å². The molecule has 5 nitrogen and oxygen atoms in total. The molecule has 0 fully saturated rings. The summed E-state index contributed by atoms with van der Waals surface area (Å²) in [6.45, 7) is 7.32. The molecule has 0 radical (unpaired) electrons. The van der Waals surface area contributed by atoms with E-state index in [0.717, 1.165) is 0 Å². The second-order valence-corrected chi connectivity index (χ2v) is 4.48. The highest BCUT2D eigenvalue weighted by Crippen LogP contribution is 2.09. The third-order valence-corrected chi connectivity index (χ3v) is 2.80. The van der Waals surface area contributed by atoms with Gasteiger partial charge in [0.15, 0.2) is 0 Å². The van der Waals surface area contributed by atoms with Crippen molar-refractivity contribution >= 4 is 11.9 Å². The topological polar surface area (TPSA) is 92.4 Å². The van der Waals surface area contributed by atoms with Crippen molar-refractivity contribution in [1.82, 2.24) is 5.32 Å². The van der Waals surface area contributed by atoms with Crippen LogP contribution in [-0.4, -0.2) is 29.1 Å². The first-order valence-electron chi connectivity index (χ1n) is 5.60. The highest BCUT2D eigenvalue weighted by molar-refractivity contribution is 5.87. The lowest BCUT2D eigenvalue weighted by Gasteiger charge is -2.23. The third kappa shape index (κ3) is 4.18. The van der Waals surface area contributed by atoms with Gasteiger partial charge in [0.05, 0.1) is 6.04 Å². The van der Waals surface area contributed by atoms with Crippen LogP contribution in [0, 0.1) is 11.8 Å². The van der Waals surface area contributed by atoms with E-state index in [-0.39, 0.29) is 11.8 Å². The van der Waals surface area contributed by atoms with E-state index >= 15 is 0 Å². The molecule has 16 heavy (non-hydrogen) atoms. The number of rotatable bonds is 6. The highest BCUT2D eigenvalue weighted by atomic mass is 16.4. The van der Waals surface area contributed by atoms with Gasteiger partial charge in [0.1, 0.15) is 6.04 Å². The standard InChI is InChI=1S/C11H22N2O3/c1-5-7(4)9(11(15)16)13-10(14)8(12)6(2)3/h6-9H,5,12H2,1-4H3,(H,13,14)(H,15,16)/t7-,8-,9-/m0/s1. The van der Waals surface area contributed by atoms with Crippen LogP contribution in [0.2, 0.25) is 0 Å². The Hall–Kier alpha value is -1.10. The predicted octanol–water partition coefficient (Wildman–Crippen LogP) is 0.585. The molecule has 0 bridgehead atoms. The van der Waals surface area contributed by atoms with Crippen LogP contribution >= 0.6 is 0 Å². The van der Waals surface area contributed by atoms with Crippen LogP contribution in [0.3, 0.4) is 0 Å². The van der Waals surface area contributed by atoms with Crippen molar-refractivity contribution in [3.63, 3.8) is 0 Å². The number of aliphatic carboxylic acids is 1. The van der Waals surface area contributed by atoms with Crippen molar-refractivity contribution in [3.05, 3.63) is 0 Å². The first kappa shape index (κ1) is 14.9. The lowest BCUT2D eigenvalue weighted by atomic mass is 9.97. The SMILES string of the molecule is CC[C@H](C)[C@H](NC(=O)[C@@H](N)C(C)C)C(=O)O. The Bertz CT molecular complexity index is 254. The summed E-state index contributed by atoms with van der Waals surface area (Å²) < 4.78 is 0. The van der Waals surface area contributed by atoms with Crippen LogP contribution in [0.25, 0.3) is 0 Å². The van der Waals surface area contributed by atoms with Gasteiger partial charge >= 0.3 is 5.97 Å². The molecule has 0 aliphatic rings. The van der Waals surface area contributed by atoms with E-state index in [1.54, 1.807) is 6.92 Å². The average molecular weight is 230 g/mol. The molecule has 0 aliphatic carbocycles. The Morgan fingerprint density at radius 1 is 1.31 bits per heavy atom. The molecule has 1 amide bonds. The molecular weight excluding hydrogens is 208 g/mol. The number of hydrogen-bond donors (Lipinski definition) is 3. The van der Waals surface area contributed by atoms with E-state index in [1.165, 1.54) is 0 Å². The van der Waals surface area contributed by atoms with Crippen molar-refractivity contribution in [2.45, 2.75) is 46.2 Å². The molecule has 0 unspecified atom stereocenters. The van der Waals surface area contributed by atoms with Gasteiger partial charge < -0.3 is 16.2 Å². The van der Waals surface area contributed by atoms with Crippen LogP contribution in [-0.2, 0) is 9.59 Å². The van der Waals surface area contributed by atoms with Crippen LogP contribution < -0.4 is 11.1 Å². The van der Waals surface area contributed by atoms with Crippen LogP contribution in [0.4, 0.5) is 0 Å². The summed E-state index contributed by atoms with van der Waals surface area (Å²) >= 11 is 0. The maximum absolute atomic E-state index is 11.6. The first-order chi connectivity index (χ1) is 7.31. The second-order valence-electron chi connectivity index (χ2n) is 4.48. The van der Waals surface area contributed by atoms with E-state index in [1.807, 2.05) is 20.8 Å². The molecule has 4 N–H and O–H groups in total. The van der Waals surface area contributed by atoms with Gasteiger partial charge in [0.25, 0.3) is 0 Å². The van der Waals surface area contributed by atoms with Crippen LogP contribution in [0.5, 0.6) is 0 Å². The Morgan fingerprint density at radius 2 is 1.81 bits per heavy atom. The number of carbonyl (C=O) groups is 2. The maximum atomic E-state index is 11.6. The van der Waals surface area contributed by atoms with Crippen molar-refractivity contribution in [2.75, 3.05) is 0 Å². The van der Waals surface area contributed by atoms with Crippen LogP contribution in [0.1, 0.15) is 34.1 Å². The maximum Gasteiger partial charge on any atom is 0.326 e. The molecule has 5 heteroatoms. The summed E-state index contributed by atoms with van der Waals surface area (Å²) in [5.74, 6) is -1.53. The van der Waals surface area contributed by atoms with Gasteiger partial charge in [-0.1, -0.05) is 34.1 Å². The smallest absolute Gasteiger partial charge is 0.326 e. The Balaban J connectivity index is 4.52. The molecule has 3 atom stereocenters. The zero-order valence-electron chi connectivity index (χ0n) is 10.4. The minimum atomic E-state index is -1.02. The third-order valence-electron chi connectivity index (χ3n) is 2.80. The number of hydrogen-bond acceptors (Lipinski definition) is 3. The predicted molar refractivity (Wildman–Crippen MR) is 61.8 cm³/mol. The fourth-order valence-electron chi connectivity index (χ4n) is 1.24. The van der Waals surface area contributed by atoms with Gasteiger partial charge in [0.2, 0.25) is 5.91 Å². The minimum absolute atomic E-state index is 0.00798. The molecular formula is C11H22N2O3. The van der Waals surface area contributed by atoms with E-state index in [9.17, 15) is 9.59 Å². The number of amides is 1. The molecule has 0 saturated heterocycles. The van der Waals surface area contributed by atoms with E-state index in [4.69, 9.17) is 10.8 Å². The molecule has 0 aromatic rings. The molecule has 94 valence electrons. The average Bonchev–Trinajstić information content (AvgIpc) is 2.22. The fourth-order valence-corrected chi connectivity index (χ4v) is 1.24. The molecule has 0 rings (SSSR count). The Morgan fingerprint density at radius 3 is 2.12 bits per heavy atom. The number of carboxylic acid groups (broad SMARTS) is 1. The van der Waals surface area contributed by atoms with Gasteiger partial charge in [0, 0.05) is 0 Å². The molecule has 0 aromatic carbocycles. The molecule has 0 spiro atoms. The van der Waals surface area contributed by atoms with Crippen LogP contribution in [0.15, 0.2) is 0 Å². The lowest BCUT2D eigenvalue weighted by Crippen LogP contribution is -2.52. The van der Waals surface area contributed by atoms with Crippen molar-refractivity contribution in [1.29, 1.82) is 0 Å². The van der Waals surface area contributed by atoms with Crippen molar-refractivity contribution in [2.24, 2.45) is 17.6 Å². The fraction of sp³-hybridized carbons (Fsp3) is 0.818. The molecule has 0 aliphatic heterocycles. The first-order valence-corrected chi connectivity index (χ1v) is 5.60.